The number of nitrogens with two attached hydrogens (primary N) is 1. The van der Waals surface area contributed by atoms with Crippen LogP contribution < -0.4 is 16.9 Å². The summed E-state index contributed by atoms with van der Waals surface area (Å²) >= 11 is 0. The number of allylic oxidation sites excluding steroid dienone is 1. The first-order chi connectivity index (χ1) is 12.5. The minimum absolute atomic E-state index is 0.0881. The van der Waals surface area contributed by atoms with E-state index in [0.29, 0.717) is 10.9 Å². The number of rotatable bonds is 4. The molecule has 0 saturated heterocycles. The summed E-state index contributed by atoms with van der Waals surface area (Å²) in [6, 6.07) is 12.6. The average molecular weight is 350 g/mol. The van der Waals surface area contributed by atoms with Crippen molar-refractivity contribution in [3.63, 3.8) is 0 Å². The van der Waals surface area contributed by atoms with Crippen molar-refractivity contribution in [2.75, 3.05) is 0 Å². The van der Waals surface area contributed by atoms with Crippen molar-refractivity contribution in [2.24, 2.45) is 5.84 Å². The highest BCUT2D eigenvalue weighted by molar-refractivity contribution is 6.19. The quantitative estimate of drug-likeness (QED) is 0.165. The van der Waals surface area contributed by atoms with Crippen LogP contribution in [0.3, 0.4) is 0 Å². The molecule has 0 unspecified atom stereocenters. The Kier molecular flexibility index (Phi) is 4.64. The molecule has 3 rings (SSSR count). The van der Waals surface area contributed by atoms with E-state index in [-0.39, 0.29) is 16.9 Å². The van der Waals surface area contributed by atoms with Gasteiger partial charge in [-0.05, 0) is 29.8 Å². The molecule has 0 radical (unpaired) electrons. The molecule has 0 atom stereocenters. The van der Waals surface area contributed by atoms with Gasteiger partial charge in [0, 0.05) is 5.39 Å². The first kappa shape index (κ1) is 17.1. The summed E-state index contributed by atoms with van der Waals surface area (Å²) in [4.78, 5) is 37.0. The van der Waals surface area contributed by atoms with Gasteiger partial charge in [-0.15, -0.1) is 0 Å². The smallest absolute Gasteiger partial charge is 0.350 e. The van der Waals surface area contributed by atoms with Gasteiger partial charge in [0.15, 0.2) is 5.78 Å². The van der Waals surface area contributed by atoms with Crippen molar-refractivity contribution in [3.05, 3.63) is 81.7 Å². The molecular weight excluding hydrogens is 336 g/mol. The van der Waals surface area contributed by atoms with Gasteiger partial charge in [0.05, 0.1) is 5.56 Å². The normalized spacial score (nSPS) is 11.0. The number of nitrogen functional groups attached to an aromatic ring is 1. The first-order valence-electron chi connectivity index (χ1n) is 7.59. The maximum absolute atomic E-state index is 12.8. The van der Waals surface area contributed by atoms with Gasteiger partial charge in [-0.3, -0.25) is 15.0 Å². The Morgan fingerprint density at radius 3 is 2.42 bits per heavy atom. The number of para-hydroxylation sites is 1. The highest BCUT2D eigenvalue weighted by Gasteiger charge is 2.24. The minimum atomic E-state index is -0.951. The predicted molar refractivity (Wildman–Crippen MR) is 95.6 cm³/mol. The molecule has 2 aromatic carbocycles. The van der Waals surface area contributed by atoms with E-state index in [9.17, 15) is 19.5 Å². The molecule has 0 aliphatic carbocycles. The van der Waals surface area contributed by atoms with Gasteiger partial charge < -0.3 is 9.52 Å². The number of benzene rings is 2. The molecule has 0 bridgehead atoms. The van der Waals surface area contributed by atoms with E-state index in [1.807, 2.05) is 5.43 Å². The second-order valence-corrected chi connectivity index (χ2v) is 5.40. The van der Waals surface area contributed by atoms with E-state index in [1.54, 1.807) is 30.3 Å². The van der Waals surface area contributed by atoms with Gasteiger partial charge in [-0.25, -0.2) is 10.6 Å². The Balaban J connectivity index is 2.15. The maximum atomic E-state index is 12.8. The van der Waals surface area contributed by atoms with Crippen molar-refractivity contribution >= 4 is 28.7 Å². The topological polar surface area (TPSA) is 123 Å². The van der Waals surface area contributed by atoms with E-state index in [4.69, 9.17) is 10.3 Å². The molecule has 3 aromatic rings. The van der Waals surface area contributed by atoms with Crippen LogP contribution in [0.5, 0.6) is 5.75 Å². The molecular formula is C19H14N2O5. The zero-order chi connectivity index (χ0) is 18.7. The number of carbonyl (C=O) groups is 2. The lowest BCUT2D eigenvalue weighted by Gasteiger charge is -2.08. The molecule has 0 aliphatic heterocycles. The summed E-state index contributed by atoms with van der Waals surface area (Å²) in [6.45, 7) is 0. The van der Waals surface area contributed by atoms with Gasteiger partial charge in [-0.2, -0.15) is 0 Å². The van der Waals surface area contributed by atoms with E-state index in [0.717, 1.165) is 0 Å². The van der Waals surface area contributed by atoms with Gasteiger partial charge >= 0.3 is 5.63 Å². The third-order valence-electron chi connectivity index (χ3n) is 3.74. The molecule has 7 nitrogen and oxygen atoms in total. The third-order valence-corrected chi connectivity index (χ3v) is 3.74. The molecule has 1 aromatic heterocycles. The lowest BCUT2D eigenvalue weighted by atomic mass is 9.99. The average Bonchev–Trinajstić information content (AvgIpc) is 2.65. The molecule has 0 spiro atoms. The Morgan fingerprint density at radius 2 is 1.73 bits per heavy atom. The second kappa shape index (κ2) is 7.04. The van der Waals surface area contributed by atoms with Crippen LogP contribution in [0, 0.1) is 0 Å². The number of hydrazine groups is 1. The number of phenols is 1. The van der Waals surface area contributed by atoms with Crippen LogP contribution in [0.25, 0.3) is 17.0 Å². The second-order valence-electron chi connectivity index (χ2n) is 5.40. The Hall–Kier alpha value is -3.71. The summed E-state index contributed by atoms with van der Waals surface area (Å²) in [5.74, 6) is 3.77. The van der Waals surface area contributed by atoms with Crippen LogP contribution in [0.4, 0.5) is 0 Å². The van der Waals surface area contributed by atoms with Crippen molar-refractivity contribution in [3.8, 4) is 5.75 Å². The monoisotopic (exact) mass is 350 g/mol. The molecule has 0 saturated carbocycles. The number of fused-ring (bicyclic) bond motifs is 1. The molecule has 4 N–H and O–H groups in total. The van der Waals surface area contributed by atoms with Crippen LogP contribution in [0.1, 0.15) is 26.3 Å². The molecule has 7 heteroatoms. The number of ketones is 1. The SMILES string of the molecule is NNC(=O)c1c(C(=O)C=Cc2ccc(O)cc2)c2ccccc2oc1=O. The highest BCUT2D eigenvalue weighted by atomic mass is 16.4. The minimum Gasteiger partial charge on any atom is -0.508 e. The summed E-state index contributed by atoms with van der Waals surface area (Å²) in [6.07, 6.45) is 2.75. The third kappa shape index (κ3) is 3.24. The fourth-order valence-corrected chi connectivity index (χ4v) is 2.52. The van der Waals surface area contributed by atoms with Gasteiger partial charge in [0.25, 0.3) is 5.91 Å². The fourth-order valence-electron chi connectivity index (χ4n) is 2.52. The number of hydrogen-bond acceptors (Lipinski definition) is 6. The number of nitrogens with one attached hydrogen (secondary N) is 1. The van der Waals surface area contributed by atoms with Crippen LogP contribution in [-0.4, -0.2) is 16.8 Å². The Labute approximate surface area is 147 Å². The van der Waals surface area contributed by atoms with Crippen LogP contribution in [0.15, 0.2) is 63.8 Å². The number of phenolic OH excluding ortho intramolecular Hbond substituents is 1. The molecule has 26 heavy (non-hydrogen) atoms. The van der Waals surface area contributed by atoms with Crippen molar-refractivity contribution in [1.82, 2.24) is 5.43 Å². The zero-order valence-corrected chi connectivity index (χ0v) is 13.4. The summed E-state index contributed by atoms with van der Waals surface area (Å²) in [5.41, 5.74) is 1.22. The Morgan fingerprint density at radius 1 is 1.04 bits per heavy atom. The molecule has 1 heterocycles. The van der Waals surface area contributed by atoms with E-state index >= 15 is 0 Å². The van der Waals surface area contributed by atoms with E-state index in [2.05, 4.69) is 0 Å². The molecule has 1 amide bonds. The number of aromatic hydroxyl groups is 1. The predicted octanol–water partition coefficient (Wildman–Crippen LogP) is 2.00. The van der Waals surface area contributed by atoms with Crippen LogP contribution in [-0.2, 0) is 0 Å². The highest BCUT2D eigenvalue weighted by Crippen LogP contribution is 2.21. The fraction of sp³-hybridized carbons (Fsp3) is 0. The number of hydrogen-bond donors (Lipinski definition) is 3. The molecule has 0 aliphatic rings. The summed E-state index contributed by atoms with van der Waals surface area (Å²) in [7, 11) is 0. The van der Waals surface area contributed by atoms with Crippen molar-refractivity contribution in [2.45, 2.75) is 0 Å². The summed E-state index contributed by atoms with van der Waals surface area (Å²) < 4.78 is 5.11. The van der Waals surface area contributed by atoms with Crippen LogP contribution >= 0.6 is 0 Å². The largest absolute Gasteiger partial charge is 0.508 e. The Bertz CT molecular complexity index is 1080. The van der Waals surface area contributed by atoms with Gasteiger partial charge in [0.1, 0.15) is 16.9 Å². The number of amides is 1. The summed E-state index contributed by atoms with van der Waals surface area (Å²) in [5, 5.41) is 9.62. The van der Waals surface area contributed by atoms with Gasteiger partial charge in [-0.1, -0.05) is 36.4 Å². The van der Waals surface area contributed by atoms with E-state index in [1.165, 1.54) is 30.4 Å². The maximum Gasteiger partial charge on any atom is 0.350 e. The van der Waals surface area contributed by atoms with Crippen molar-refractivity contribution in [1.29, 1.82) is 0 Å². The first-order valence-corrected chi connectivity index (χ1v) is 7.59. The van der Waals surface area contributed by atoms with Crippen molar-refractivity contribution < 1.29 is 19.1 Å². The lowest BCUT2D eigenvalue weighted by Crippen LogP contribution is -2.35. The van der Waals surface area contributed by atoms with E-state index < -0.39 is 22.9 Å². The standard InChI is InChI=1S/C19H14N2O5/c20-21-18(24)17-16(13-3-1-2-4-15(13)26-19(17)25)14(23)10-7-11-5-8-12(22)9-6-11/h1-10,22H,20H2,(H,21,24). The number of carbonyl (C=O) groups excluding carboxylic acids is 2. The lowest BCUT2D eigenvalue weighted by molar-refractivity contribution is 0.0939. The molecule has 130 valence electrons. The molecule has 0 fully saturated rings. The zero-order valence-electron chi connectivity index (χ0n) is 13.4. The van der Waals surface area contributed by atoms with Crippen LogP contribution in [0.2, 0.25) is 0 Å². The van der Waals surface area contributed by atoms with Gasteiger partial charge in [0.2, 0.25) is 0 Å².